The summed E-state index contributed by atoms with van der Waals surface area (Å²) in [5, 5.41) is 3.22. The van der Waals surface area contributed by atoms with Gasteiger partial charge in [-0.15, -0.1) is 0 Å². The minimum absolute atomic E-state index is 0.0320. The van der Waals surface area contributed by atoms with E-state index in [2.05, 4.69) is 34.1 Å². The van der Waals surface area contributed by atoms with Crippen LogP contribution in [0.5, 0.6) is 0 Å². The van der Waals surface area contributed by atoms with Crippen molar-refractivity contribution in [3.63, 3.8) is 0 Å². The Bertz CT molecular complexity index is 732. The zero-order valence-corrected chi connectivity index (χ0v) is 15.1. The third kappa shape index (κ3) is 4.32. The summed E-state index contributed by atoms with van der Waals surface area (Å²) in [6.45, 7) is 6.88. The van der Waals surface area contributed by atoms with Crippen LogP contribution in [0.4, 0.5) is 11.6 Å². The first-order valence-electron chi connectivity index (χ1n) is 8.86. The van der Waals surface area contributed by atoms with Gasteiger partial charge in [0.05, 0.1) is 6.04 Å². The van der Waals surface area contributed by atoms with Crippen molar-refractivity contribution in [3.05, 3.63) is 42.0 Å². The summed E-state index contributed by atoms with van der Waals surface area (Å²) in [4.78, 5) is 28.0. The van der Waals surface area contributed by atoms with E-state index in [-0.39, 0.29) is 11.9 Å². The normalized spacial score (nSPS) is 17.1. The fourth-order valence-electron chi connectivity index (χ4n) is 3.17. The first kappa shape index (κ1) is 17.3. The van der Waals surface area contributed by atoms with Crippen molar-refractivity contribution in [1.82, 2.24) is 19.9 Å². The van der Waals surface area contributed by atoms with Crippen molar-refractivity contribution in [1.29, 1.82) is 0 Å². The molecule has 1 aliphatic rings. The van der Waals surface area contributed by atoms with Crippen molar-refractivity contribution in [3.8, 4) is 0 Å². The molecule has 1 fully saturated rings. The van der Waals surface area contributed by atoms with Crippen LogP contribution in [0.15, 0.2) is 30.5 Å². The Kier molecular flexibility index (Phi) is 5.26. The molecule has 132 valence electrons. The summed E-state index contributed by atoms with van der Waals surface area (Å²) in [7, 11) is 0. The topological polar surface area (TPSA) is 71.0 Å². The number of likely N-dealkylation sites (tertiary alicyclic amines) is 1. The zero-order valence-electron chi connectivity index (χ0n) is 15.1. The van der Waals surface area contributed by atoms with Gasteiger partial charge in [0.15, 0.2) is 5.82 Å². The molecule has 0 aliphatic carbocycles. The number of anilines is 2. The molecule has 2 aromatic heterocycles. The molecule has 0 bridgehead atoms. The third-order valence-corrected chi connectivity index (χ3v) is 4.25. The number of hydrogen-bond acceptors (Lipinski definition) is 5. The zero-order chi connectivity index (χ0) is 17.8. The highest BCUT2D eigenvalue weighted by Crippen LogP contribution is 2.31. The number of nitrogens with one attached hydrogen (secondary N) is 1. The van der Waals surface area contributed by atoms with Gasteiger partial charge in [0.25, 0.3) is 0 Å². The molecule has 6 heteroatoms. The number of carbonyl (C=O) groups excluding carboxylic acids is 1. The molecule has 2 aromatic rings. The molecule has 25 heavy (non-hydrogen) atoms. The number of nitrogens with zero attached hydrogens (tertiary/aromatic N) is 4. The van der Waals surface area contributed by atoms with Crippen LogP contribution in [0.25, 0.3) is 0 Å². The lowest BCUT2D eigenvalue weighted by Gasteiger charge is -2.25. The van der Waals surface area contributed by atoms with Gasteiger partial charge in [0.1, 0.15) is 11.6 Å². The molecule has 1 saturated heterocycles. The van der Waals surface area contributed by atoms with Crippen molar-refractivity contribution in [2.45, 2.75) is 46.1 Å². The largest absolute Gasteiger partial charge is 0.332 e. The minimum atomic E-state index is -0.0320. The van der Waals surface area contributed by atoms with Crippen LogP contribution in [-0.2, 0) is 4.79 Å². The Morgan fingerprint density at radius 1 is 1.32 bits per heavy atom. The van der Waals surface area contributed by atoms with Gasteiger partial charge in [-0.05, 0) is 37.8 Å². The van der Waals surface area contributed by atoms with Crippen molar-refractivity contribution in [2.24, 2.45) is 5.92 Å². The van der Waals surface area contributed by atoms with Gasteiger partial charge in [-0.2, -0.15) is 0 Å². The quantitative estimate of drug-likeness (QED) is 0.900. The van der Waals surface area contributed by atoms with E-state index in [1.807, 2.05) is 36.1 Å². The lowest BCUT2D eigenvalue weighted by atomic mass is 10.1. The van der Waals surface area contributed by atoms with Crippen molar-refractivity contribution in [2.75, 3.05) is 11.9 Å². The fraction of sp³-hybridized carbons (Fsp3) is 0.474. The maximum Gasteiger partial charge on any atom is 0.223 e. The van der Waals surface area contributed by atoms with Crippen molar-refractivity contribution < 1.29 is 4.79 Å². The number of aromatic nitrogens is 3. The second kappa shape index (κ2) is 7.59. The summed E-state index contributed by atoms with van der Waals surface area (Å²) < 4.78 is 0. The maximum absolute atomic E-state index is 12.5. The molecule has 3 heterocycles. The number of amides is 1. The number of rotatable bonds is 5. The Morgan fingerprint density at radius 2 is 2.16 bits per heavy atom. The average Bonchev–Trinajstić information content (AvgIpc) is 3.04. The number of pyridine rings is 1. The molecule has 1 amide bonds. The van der Waals surface area contributed by atoms with Crippen LogP contribution < -0.4 is 5.32 Å². The van der Waals surface area contributed by atoms with E-state index in [4.69, 9.17) is 0 Å². The number of hydrogen-bond donors (Lipinski definition) is 1. The molecular formula is C19H25N5O. The third-order valence-electron chi connectivity index (χ3n) is 4.25. The van der Waals surface area contributed by atoms with Crippen LogP contribution in [0, 0.1) is 12.8 Å². The molecule has 1 unspecified atom stereocenters. The van der Waals surface area contributed by atoms with Crippen molar-refractivity contribution >= 4 is 17.5 Å². The predicted molar refractivity (Wildman–Crippen MR) is 97.4 cm³/mol. The molecule has 0 aromatic carbocycles. The van der Waals surface area contributed by atoms with Crippen LogP contribution in [0.2, 0.25) is 0 Å². The van der Waals surface area contributed by atoms with Gasteiger partial charge in [0.2, 0.25) is 5.91 Å². The lowest BCUT2D eigenvalue weighted by Crippen LogP contribution is -2.32. The highest BCUT2D eigenvalue weighted by atomic mass is 16.2. The summed E-state index contributed by atoms with van der Waals surface area (Å²) in [5.41, 5.74) is 0.881. The molecule has 0 spiro atoms. The molecule has 1 atom stereocenters. The molecule has 6 nitrogen and oxygen atoms in total. The van der Waals surface area contributed by atoms with E-state index in [1.165, 1.54) is 0 Å². The monoisotopic (exact) mass is 339 g/mol. The van der Waals surface area contributed by atoms with E-state index >= 15 is 0 Å². The minimum Gasteiger partial charge on any atom is -0.332 e. The Balaban J connectivity index is 1.82. The molecular weight excluding hydrogens is 314 g/mol. The van der Waals surface area contributed by atoms with E-state index < -0.39 is 0 Å². The molecule has 1 aliphatic heterocycles. The van der Waals surface area contributed by atoms with E-state index in [1.54, 1.807) is 6.20 Å². The second-order valence-electron chi connectivity index (χ2n) is 6.94. The summed E-state index contributed by atoms with van der Waals surface area (Å²) in [5.74, 6) is 2.72. The van der Waals surface area contributed by atoms with Gasteiger partial charge in [-0.3, -0.25) is 4.79 Å². The fourth-order valence-corrected chi connectivity index (χ4v) is 3.17. The molecule has 1 N–H and O–H groups in total. The Labute approximate surface area is 148 Å². The highest BCUT2D eigenvalue weighted by Gasteiger charge is 2.32. The number of carbonyl (C=O) groups is 1. The first-order valence-corrected chi connectivity index (χ1v) is 8.86. The first-order chi connectivity index (χ1) is 12.0. The van der Waals surface area contributed by atoms with Gasteiger partial charge in [0, 0.05) is 30.9 Å². The molecule has 3 rings (SSSR count). The SMILES string of the molecule is Cc1cc(Nc2ccccn2)nc(C2CCCN2C(=O)CC(C)C)n1. The Morgan fingerprint density at radius 3 is 2.88 bits per heavy atom. The average molecular weight is 339 g/mol. The molecule has 0 radical (unpaired) electrons. The van der Waals surface area contributed by atoms with Gasteiger partial charge >= 0.3 is 0 Å². The standard InChI is InChI=1S/C19H25N5O/c1-13(2)11-18(25)24-10-6-7-15(24)19-21-14(3)12-17(23-19)22-16-8-4-5-9-20-16/h4-5,8-9,12-13,15H,6-7,10-11H2,1-3H3,(H,20,21,22,23). The second-order valence-corrected chi connectivity index (χ2v) is 6.94. The maximum atomic E-state index is 12.5. The van der Waals surface area contributed by atoms with Crippen LogP contribution in [0.1, 0.15) is 50.7 Å². The van der Waals surface area contributed by atoms with E-state index in [0.29, 0.717) is 24.0 Å². The van der Waals surface area contributed by atoms with Gasteiger partial charge in [-0.1, -0.05) is 19.9 Å². The van der Waals surface area contributed by atoms with Crippen LogP contribution >= 0.6 is 0 Å². The summed E-state index contributed by atoms with van der Waals surface area (Å²) in [6, 6.07) is 7.56. The van der Waals surface area contributed by atoms with Gasteiger partial charge in [-0.25, -0.2) is 15.0 Å². The highest BCUT2D eigenvalue weighted by molar-refractivity contribution is 5.77. The Hall–Kier alpha value is -2.50. The van der Waals surface area contributed by atoms with E-state index in [9.17, 15) is 4.79 Å². The summed E-state index contributed by atoms with van der Waals surface area (Å²) >= 11 is 0. The van der Waals surface area contributed by atoms with E-state index in [0.717, 1.165) is 30.9 Å². The van der Waals surface area contributed by atoms with Gasteiger partial charge < -0.3 is 10.2 Å². The summed E-state index contributed by atoms with van der Waals surface area (Å²) in [6.07, 6.45) is 4.22. The van der Waals surface area contributed by atoms with Crippen LogP contribution in [0.3, 0.4) is 0 Å². The smallest absolute Gasteiger partial charge is 0.223 e. The molecule has 0 saturated carbocycles. The van der Waals surface area contributed by atoms with Crippen LogP contribution in [-0.4, -0.2) is 32.3 Å². The lowest BCUT2D eigenvalue weighted by molar-refractivity contribution is -0.133. The number of aryl methyl sites for hydroxylation is 1. The predicted octanol–water partition coefficient (Wildman–Crippen LogP) is 3.63.